The molecule has 2 rings (SSSR count). The highest BCUT2D eigenvalue weighted by atomic mass is 16.3. The van der Waals surface area contributed by atoms with Crippen LogP contribution in [-0.2, 0) is 4.79 Å². The maximum absolute atomic E-state index is 12.5. The Hall–Kier alpha value is -0.690. The second-order valence-electron chi connectivity index (χ2n) is 5.35. The van der Waals surface area contributed by atoms with E-state index in [1.807, 2.05) is 11.8 Å². The standard InChI is InChI=1S/C13H26N4O2/c1-12(16-4-2-14-3-5-16)13(19)17-8-6-15(7-9-17)10-11-18/h12,14,18H,2-11H2,1H3. The number of nitrogens with one attached hydrogen (secondary N) is 1. The van der Waals surface area contributed by atoms with Gasteiger partial charge in [0.25, 0.3) is 0 Å². The Morgan fingerprint density at radius 1 is 1.16 bits per heavy atom. The topological polar surface area (TPSA) is 59.1 Å². The van der Waals surface area contributed by atoms with Crippen molar-refractivity contribution in [3.63, 3.8) is 0 Å². The van der Waals surface area contributed by atoms with Gasteiger partial charge >= 0.3 is 0 Å². The van der Waals surface area contributed by atoms with E-state index in [2.05, 4.69) is 15.1 Å². The lowest BCUT2D eigenvalue weighted by Crippen LogP contribution is -2.57. The van der Waals surface area contributed by atoms with E-state index in [-0.39, 0.29) is 18.6 Å². The van der Waals surface area contributed by atoms with Crippen molar-refractivity contribution in [2.24, 2.45) is 0 Å². The fraction of sp³-hybridized carbons (Fsp3) is 0.923. The van der Waals surface area contributed by atoms with Crippen LogP contribution in [0.1, 0.15) is 6.92 Å². The molecular formula is C13H26N4O2. The molecule has 0 aliphatic carbocycles. The van der Waals surface area contributed by atoms with Gasteiger partial charge in [0.2, 0.25) is 5.91 Å². The highest BCUT2D eigenvalue weighted by Crippen LogP contribution is 2.08. The minimum Gasteiger partial charge on any atom is -0.395 e. The third-order valence-corrected chi connectivity index (χ3v) is 4.16. The van der Waals surface area contributed by atoms with Gasteiger partial charge in [-0.25, -0.2) is 0 Å². The summed E-state index contributed by atoms with van der Waals surface area (Å²) in [5.41, 5.74) is 0. The largest absolute Gasteiger partial charge is 0.395 e. The highest BCUT2D eigenvalue weighted by Gasteiger charge is 2.28. The van der Waals surface area contributed by atoms with Gasteiger partial charge in [-0.05, 0) is 6.92 Å². The Kier molecular flexibility index (Phi) is 5.57. The van der Waals surface area contributed by atoms with Gasteiger partial charge in [0.05, 0.1) is 12.6 Å². The van der Waals surface area contributed by atoms with Crippen LogP contribution in [0, 0.1) is 0 Å². The predicted octanol–water partition coefficient (Wildman–Crippen LogP) is -1.58. The molecule has 0 spiro atoms. The number of aliphatic hydroxyl groups excluding tert-OH is 1. The van der Waals surface area contributed by atoms with Crippen LogP contribution < -0.4 is 5.32 Å². The molecule has 1 amide bonds. The summed E-state index contributed by atoms with van der Waals surface area (Å²) in [5.74, 6) is 0.255. The first-order valence-corrected chi connectivity index (χ1v) is 7.29. The second-order valence-corrected chi connectivity index (χ2v) is 5.35. The molecule has 2 aliphatic rings. The van der Waals surface area contributed by atoms with Crippen LogP contribution >= 0.6 is 0 Å². The number of piperazine rings is 2. The molecule has 0 aromatic carbocycles. The number of nitrogens with zero attached hydrogens (tertiary/aromatic N) is 3. The number of hydrogen-bond acceptors (Lipinski definition) is 5. The SMILES string of the molecule is CC(C(=O)N1CCN(CCO)CC1)N1CCNCC1. The van der Waals surface area contributed by atoms with Crippen LogP contribution in [-0.4, -0.2) is 97.3 Å². The molecule has 6 heteroatoms. The molecule has 2 N–H and O–H groups in total. The molecule has 2 fully saturated rings. The van der Waals surface area contributed by atoms with E-state index in [1.165, 1.54) is 0 Å². The van der Waals surface area contributed by atoms with Crippen LogP contribution in [0.15, 0.2) is 0 Å². The number of hydrogen-bond donors (Lipinski definition) is 2. The summed E-state index contributed by atoms with van der Waals surface area (Å²) in [6.07, 6.45) is 0. The summed E-state index contributed by atoms with van der Waals surface area (Å²) in [6, 6.07) is -0.00788. The highest BCUT2D eigenvalue weighted by molar-refractivity contribution is 5.81. The number of carbonyl (C=O) groups excluding carboxylic acids is 1. The van der Waals surface area contributed by atoms with E-state index >= 15 is 0 Å². The molecule has 2 heterocycles. The Morgan fingerprint density at radius 3 is 2.37 bits per heavy atom. The molecule has 0 bridgehead atoms. The zero-order chi connectivity index (χ0) is 13.7. The fourth-order valence-electron chi connectivity index (χ4n) is 2.82. The minimum absolute atomic E-state index is 0.00788. The number of aliphatic hydroxyl groups is 1. The van der Waals surface area contributed by atoms with Gasteiger partial charge in [0.1, 0.15) is 0 Å². The number of carbonyl (C=O) groups is 1. The lowest BCUT2D eigenvalue weighted by molar-refractivity contribution is -0.138. The van der Waals surface area contributed by atoms with Gasteiger partial charge in [-0.3, -0.25) is 14.6 Å². The van der Waals surface area contributed by atoms with E-state index < -0.39 is 0 Å². The van der Waals surface area contributed by atoms with E-state index in [9.17, 15) is 4.79 Å². The Bertz CT molecular complexity index is 286. The van der Waals surface area contributed by atoms with Gasteiger partial charge in [-0.2, -0.15) is 0 Å². The first-order valence-electron chi connectivity index (χ1n) is 7.29. The van der Waals surface area contributed by atoms with Crippen LogP contribution in [0.2, 0.25) is 0 Å². The molecule has 1 unspecified atom stereocenters. The molecule has 2 saturated heterocycles. The molecule has 110 valence electrons. The lowest BCUT2D eigenvalue weighted by atomic mass is 10.2. The first kappa shape index (κ1) is 14.7. The summed E-state index contributed by atoms with van der Waals surface area (Å²) in [4.78, 5) is 18.9. The Labute approximate surface area is 115 Å². The molecule has 2 aliphatic heterocycles. The number of amides is 1. The van der Waals surface area contributed by atoms with Gasteiger partial charge in [0.15, 0.2) is 0 Å². The maximum Gasteiger partial charge on any atom is 0.239 e. The quantitative estimate of drug-likeness (QED) is 0.645. The van der Waals surface area contributed by atoms with E-state index in [0.29, 0.717) is 0 Å². The van der Waals surface area contributed by atoms with E-state index in [0.717, 1.165) is 58.9 Å². The van der Waals surface area contributed by atoms with Gasteiger partial charge in [0, 0.05) is 58.9 Å². The molecule has 0 aromatic rings. The van der Waals surface area contributed by atoms with Crippen molar-refractivity contribution in [2.75, 3.05) is 65.5 Å². The summed E-state index contributed by atoms with van der Waals surface area (Å²) in [5, 5.41) is 12.2. The minimum atomic E-state index is -0.00788. The molecule has 0 radical (unpaired) electrons. The van der Waals surface area contributed by atoms with Crippen LogP contribution in [0.25, 0.3) is 0 Å². The second kappa shape index (κ2) is 7.19. The third-order valence-electron chi connectivity index (χ3n) is 4.16. The zero-order valence-corrected chi connectivity index (χ0v) is 11.8. The van der Waals surface area contributed by atoms with Crippen molar-refractivity contribution >= 4 is 5.91 Å². The first-order chi connectivity index (χ1) is 9.22. The average molecular weight is 270 g/mol. The van der Waals surface area contributed by atoms with Crippen molar-refractivity contribution in [3.8, 4) is 0 Å². The predicted molar refractivity (Wildman–Crippen MR) is 74.0 cm³/mol. The van der Waals surface area contributed by atoms with Crippen molar-refractivity contribution in [2.45, 2.75) is 13.0 Å². The zero-order valence-electron chi connectivity index (χ0n) is 11.8. The van der Waals surface area contributed by atoms with Crippen molar-refractivity contribution in [3.05, 3.63) is 0 Å². The van der Waals surface area contributed by atoms with E-state index in [1.54, 1.807) is 0 Å². The fourth-order valence-corrected chi connectivity index (χ4v) is 2.82. The molecule has 6 nitrogen and oxygen atoms in total. The van der Waals surface area contributed by atoms with Crippen molar-refractivity contribution in [1.29, 1.82) is 0 Å². The third kappa shape index (κ3) is 3.89. The maximum atomic E-state index is 12.5. The Morgan fingerprint density at radius 2 is 1.79 bits per heavy atom. The molecule has 19 heavy (non-hydrogen) atoms. The number of β-amino-alcohol motifs (C(OH)–C–C–N with tert-alkyl or cyclic N) is 1. The monoisotopic (exact) mass is 270 g/mol. The molecule has 1 atom stereocenters. The summed E-state index contributed by atoms with van der Waals surface area (Å²) in [7, 11) is 0. The molecular weight excluding hydrogens is 244 g/mol. The molecule has 0 aromatic heterocycles. The van der Waals surface area contributed by atoms with Gasteiger partial charge < -0.3 is 15.3 Å². The lowest BCUT2D eigenvalue weighted by Gasteiger charge is -2.39. The summed E-state index contributed by atoms with van der Waals surface area (Å²) >= 11 is 0. The van der Waals surface area contributed by atoms with E-state index in [4.69, 9.17) is 5.11 Å². The van der Waals surface area contributed by atoms with Crippen LogP contribution in [0.4, 0.5) is 0 Å². The number of rotatable bonds is 4. The van der Waals surface area contributed by atoms with Crippen molar-refractivity contribution < 1.29 is 9.90 Å². The smallest absolute Gasteiger partial charge is 0.239 e. The normalized spacial score (nSPS) is 24.4. The molecule has 0 saturated carbocycles. The average Bonchev–Trinajstić information content (AvgIpc) is 2.48. The summed E-state index contributed by atoms with van der Waals surface area (Å²) in [6.45, 7) is 10.1. The van der Waals surface area contributed by atoms with Gasteiger partial charge in [-0.1, -0.05) is 0 Å². The Balaban J connectivity index is 1.79. The van der Waals surface area contributed by atoms with Gasteiger partial charge in [-0.15, -0.1) is 0 Å². The van der Waals surface area contributed by atoms with Crippen LogP contribution in [0.3, 0.4) is 0 Å². The van der Waals surface area contributed by atoms with Crippen LogP contribution in [0.5, 0.6) is 0 Å². The van der Waals surface area contributed by atoms with Crippen molar-refractivity contribution in [1.82, 2.24) is 20.0 Å². The summed E-state index contributed by atoms with van der Waals surface area (Å²) < 4.78 is 0.